The maximum absolute atomic E-state index is 12.1. The summed E-state index contributed by atoms with van der Waals surface area (Å²) in [5.41, 5.74) is 2.67. The predicted octanol–water partition coefficient (Wildman–Crippen LogP) is 3.77. The summed E-state index contributed by atoms with van der Waals surface area (Å²) in [6.45, 7) is 0. The molecule has 3 heteroatoms. The number of carbonyl (C=O) groups is 1. The number of allylic oxidation sites excluding steroid dienone is 1. The average Bonchev–Trinajstić information content (AvgIpc) is 3.08. The summed E-state index contributed by atoms with van der Waals surface area (Å²) in [4.78, 5) is 16.1. The van der Waals surface area contributed by atoms with Crippen molar-refractivity contribution in [2.24, 2.45) is 0 Å². The first-order valence-corrected chi connectivity index (χ1v) is 6.69. The zero-order valence-electron chi connectivity index (χ0n) is 11.4. The number of imidazole rings is 1. The number of nitrogens with zero attached hydrogens (tertiary/aromatic N) is 2. The average molecular weight is 274 g/mol. The maximum atomic E-state index is 12.1. The maximum Gasteiger partial charge on any atom is 0.185 e. The third-order valence-electron chi connectivity index (χ3n) is 3.18. The minimum Gasteiger partial charge on any atom is -0.306 e. The second kappa shape index (κ2) is 6.01. The summed E-state index contributed by atoms with van der Waals surface area (Å²) >= 11 is 0. The van der Waals surface area contributed by atoms with Gasteiger partial charge in [-0.2, -0.15) is 0 Å². The van der Waals surface area contributed by atoms with Crippen molar-refractivity contribution < 1.29 is 4.79 Å². The fourth-order valence-electron chi connectivity index (χ4n) is 2.04. The van der Waals surface area contributed by atoms with Crippen molar-refractivity contribution in [3.63, 3.8) is 0 Å². The molecule has 3 nitrogen and oxygen atoms in total. The zero-order valence-corrected chi connectivity index (χ0v) is 11.4. The van der Waals surface area contributed by atoms with E-state index in [1.807, 2.05) is 71.4 Å². The number of aromatic nitrogens is 2. The van der Waals surface area contributed by atoms with Crippen molar-refractivity contribution in [2.75, 3.05) is 0 Å². The molecule has 21 heavy (non-hydrogen) atoms. The Hall–Kier alpha value is -2.94. The van der Waals surface area contributed by atoms with Crippen LogP contribution in [0.1, 0.15) is 15.9 Å². The van der Waals surface area contributed by atoms with Crippen molar-refractivity contribution >= 4 is 11.9 Å². The summed E-state index contributed by atoms with van der Waals surface area (Å²) in [6, 6.07) is 17.2. The SMILES string of the molecule is O=C(C=Cc1ccccc1)c1ccc(-n2ccnc2)cc1. The smallest absolute Gasteiger partial charge is 0.185 e. The van der Waals surface area contributed by atoms with E-state index in [2.05, 4.69) is 4.98 Å². The van der Waals surface area contributed by atoms with E-state index in [1.165, 1.54) is 0 Å². The summed E-state index contributed by atoms with van der Waals surface area (Å²) in [5, 5.41) is 0. The molecule has 0 aliphatic rings. The highest BCUT2D eigenvalue weighted by atomic mass is 16.1. The normalized spacial score (nSPS) is 10.9. The highest BCUT2D eigenvalue weighted by Crippen LogP contribution is 2.11. The molecule has 0 bridgehead atoms. The quantitative estimate of drug-likeness (QED) is 0.536. The van der Waals surface area contributed by atoms with Crippen LogP contribution in [0.15, 0.2) is 79.4 Å². The Morgan fingerprint density at radius 3 is 2.43 bits per heavy atom. The van der Waals surface area contributed by atoms with Crippen LogP contribution in [-0.2, 0) is 0 Å². The minimum absolute atomic E-state index is 0.00367. The summed E-state index contributed by atoms with van der Waals surface area (Å²) < 4.78 is 1.90. The highest BCUT2D eigenvalue weighted by molar-refractivity contribution is 6.06. The van der Waals surface area contributed by atoms with Gasteiger partial charge in [-0.25, -0.2) is 4.98 Å². The number of benzene rings is 2. The Morgan fingerprint density at radius 1 is 1.00 bits per heavy atom. The first kappa shape index (κ1) is 13.1. The van der Waals surface area contributed by atoms with E-state index >= 15 is 0 Å². The van der Waals surface area contributed by atoms with Crippen LogP contribution in [0.2, 0.25) is 0 Å². The molecule has 1 aromatic heterocycles. The molecule has 0 unspecified atom stereocenters. The van der Waals surface area contributed by atoms with E-state index < -0.39 is 0 Å². The van der Waals surface area contributed by atoms with Gasteiger partial charge in [0.15, 0.2) is 5.78 Å². The van der Waals surface area contributed by atoms with E-state index in [9.17, 15) is 4.79 Å². The molecule has 102 valence electrons. The number of carbonyl (C=O) groups excluding carboxylic acids is 1. The number of hydrogen-bond acceptors (Lipinski definition) is 2. The standard InChI is InChI=1S/C18H14N2O/c21-18(11-6-15-4-2-1-3-5-15)16-7-9-17(10-8-16)20-13-12-19-14-20/h1-14H. The van der Waals surface area contributed by atoms with Gasteiger partial charge in [-0.05, 0) is 35.9 Å². The minimum atomic E-state index is -0.00367. The lowest BCUT2D eigenvalue weighted by molar-refractivity contribution is 0.104. The largest absolute Gasteiger partial charge is 0.306 e. The molecule has 2 aromatic carbocycles. The molecule has 0 aliphatic heterocycles. The lowest BCUT2D eigenvalue weighted by atomic mass is 10.1. The lowest BCUT2D eigenvalue weighted by Crippen LogP contribution is -1.96. The van der Waals surface area contributed by atoms with Gasteiger partial charge in [0.1, 0.15) is 0 Å². The van der Waals surface area contributed by atoms with Crippen LogP contribution in [0, 0.1) is 0 Å². The van der Waals surface area contributed by atoms with Crippen LogP contribution in [0.25, 0.3) is 11.8 Å². The molecule has 0 saturated carbocycles. The Morgan fingerprint density at radius 2 is 1.76 bits per heavy atom. The van der Waals surface area contributed by atoms with E-state index in [1.54, 1.807) is 18.6 Å². The van der Waals surface area contributed by atoms with E-state index in [0.29, 0.717) is 5.56 Å². The summed E-state index contributed by atoms with van der Waals surface area (Å²) in [5.74, 6) is -0.00367. The molecule has 0 radical (unpaired) electrons. The number of ketones is 1. The monoisotopic (exact) mass is 274 g/mol. The molecule has 1 heterocycles. The molecule has 0 amide bonds. The van der Waals surface area contributed by atoms with Crippen molar-refractivity contribution in [1.29, 1.82) is 0 Å². The van der Waals surface area contributed by atoms with Gasteiger partial charge in [0.05, 0.1) is 6.33 Å². The number of rotatable bonds is 4. The van der Waals surface area contributed by atoms with Crippen LogP contribution in [0.5, 0.6) is 0 Å². The molecule has 3 aromatic rings. The molecule has 0 saturated heterocycles. The van der Waals surface area contributed by atoms with E-state index in [-0.39, 0.29) is 5.78 Å². The van der Waals surface area contributed by atoms with Gasteiger partial charge in [-0.3, -0.25) is 4.79 Å². The van der Waals surface area contributed by atoms with Gasteiger partial charge in [-0.15, -0.1) is 0 Å². The van der Waals surface area contributed by atoms with E-state index in [0.717, 1.165) is 11.3 Å². The van der Waals surface area contributed by atoms with Crippen molar-refractivity contribution in [1.82, 2.24) is 9.55 Å². The molecule has 0 aliphatic carbocycles. The molecule has 0 N–H and O–H groups in total. The van der Waals surface area contributed by atoms with Crippen LogP contribution in [-0.4, -0.2) is 15.3 Å². The van der Waals surface area contributed by atoms with Gasteiger partial charge >= 0.3 is 0 Å². The summed E-state index contributed by atoms with van der Waals surface area (Å²) in [7, 11) is 0. The van der Waals surface area contributed by atoms with Gasteiger partial charge in [0.2, 0.25) is 0 Å². The molecular weight excluding hydrogens is 260 g/mol. The molecule has 0 fully saturated rings. The van der Waals surface area contributed by atoms with Crippen LogP contribution < -0.4 is 0 Å². The van der Waals surface area contributed by atoms with Crippen LogP contribution in [0.4, 0.5) is 0 Å². The Balaban J connectivity index is 1.75. The molecular formula is C18H14N2O. The third kappa shape index (κ3) is 3.15. The van der Waals surface area contributed by atoms with Crippen molar-refractivity contribution in [3.05, 3.63) is 90.5 Å². The highest BCUT2D eigenvalue weighted by Gasteiger charge is 2.02. The number of hydrogen-bond donors (Lipinski definition) is 0. The Bertz CT molecular complexity index is 742. The Kier molecular flexibility index (Phi) is 3.74. The predicted molar refractivity (Wildman–Crippen MR) is 83.4 cm³/mol. The van der Waals surface area contributed by atoms with Crippen LogP contribution in [0.3, 0.4) is 0 Å². The molecule has 0 spiro atoms. The Labute approximate surface area is 123 Å². The zero-order chi connectivity index (χ0) is 14.5. The first-order chi connectivity index (χ1) is 10.3. The molecule has 0 atom stereocenters. The first-order valence-electron chi connectivity index (χ1n) is 6.69. The van der Waals surface area contributed by atoms with Gasteiger partial charge in [0, 0.05) is 23.6 Å². The second-order valence-electron chi connectivity index (χ2n) is 4.63. The second-order valence-corrected chi connectivity index (χ2v) is 4.63. The van der Waals surface area contributed by atoms with Gasteiger partial charge in [-0.1, -0.05) is 36.4 Å². The van der Waals surface area contributed by atoms with Crippen molar-refractivity contribution in [3.8, 4) is 5.69 Å². The molecule has 3 rings (SSSR count). The fourth-order valence-corrected chi connectivity index (χ4v) is 2.04. The third-order valence-corrected chi connectivity index (χ3v) is 3.18. The van der Waals surface area contributed by atoms with Gasteiger partial charge in [0.25, 0.3) is 0 Å². The van der Waals surface area contributed by atoms with Gasteiger partial charge < -0.3 is 4.57 Å². The van der Waals surface area contributed by atoms with Crippen molar-refractivity contribution in [2.45, 2.75) is 0 Å². The van der Waals surface area contributed by atoms with Crippen LogP contribution >= 0.6 is 0 Å². The fraction of sp³-hybridized carbons (Fsp3) is 0. The van der Waals surface area contributed by atoms with E-state index in [4.69, 9.17) is 0 Å². The topological polar surface area (TPSA) is 34.9 Å². The lowest BCUT2D eigenvalue weighted by Gasteiger charge is -2.02. The summed E-state index contributed by atoms with van der Waals surface area (Å²) in [6.07, 6.45) is 8.74.